The van der Waals surface area contributed by atoms with Gasteiger partial charge in [0.15, 0.2) is 0 Å². The monoisotopic (exact) mass is 235 g/mol. The maximum Gasteiger partial charge on any atom is 0.594 e. The van der Waals surface area contributed by atoms with Gasteiger partial charge >= 0.3 is 8.97 Å². The summed E-state index contributed by atoms with van der Waals surface area (Å²) in [6, 6.07) is 0. The first-order valence-electron chi connectivity index (χ1n) is 5.53. The predicted octanol–water partition coefficient (Wildman–Crippen LogP) is 1.91. The largest absolute Gasteiger partial charge is 0.594 e. The molecule has 0 radical (unpaired) electrons. The van der Waals surface area contributed by atoms with Crippen LogP contribution in [0.1, 0.15) is 41.0 Å². The van der Waals surface area contributed by atoms with Crippen molar-refractivity contribution in [2.75, 3.05) is 19.8 Å². The number of nitrogens with two attached hydrogens (primary N) is 1. The van der Waals surface area contributed by atoms with Crippen molar-refractivity contribution in [3.63, 3.8) is 0 Å². The second-order valence-corrected chi connectivity index (χ2v) is 6.70. The Morgan fingerprint density at radius 3 is 1.80 bits per heavy atom. The molecular weight excluding hydrogens is 210 g/mol. The van der Waals surface area contributed by atoms with Crippen LogP contribution in [0.4, 0.5) is 0 Å². The zero-order valence-corrected chi connectivity index (χ0v) is 11.6. The summed E-state index contributed by atoms with van der Waals surface area (Å²) in [5.74, 6) is 0. The van der Waals surface area contributed by atoms with Gasteiger partial charge in [0.1, 0.15) is 0 Å². The van der Waals surface area contributed by atoms with Crippen molar-refractivity contribution in [2.45, 2.75) is 41.0 Å². The fourth-order valence-electron chi connectivity index (χ4n) is 1.03. The van der Waals surface area contributed by atoms with Gasteiger partial charge in [-0.25, -0.2) is 0 Å². The third-order valence-electron chi connectivity index (χ3n) is 1.85. The zero-order valence-electron chi connectivity index (χ0n) is 10.6. The van der Waals surface area contributed by atoms with Gasteiger partial charge in [0.05, 0.1) is 0 Å². The zero-order chi connectivity index (χ0) is 11.9. The summed E-state index contributed by atoms with van der Waals surface area (Å²) < 4.78 is 16.3. The lowest BCUT2D eigenvalue weighted by Gasteiger charge is -2.25. The molecule has 0 heterocycles. The molecule has 0 aliphatic rings. The Hall–Kier alpha value is 0.0569. The van der Waals surface area contributed by atoms with Crippen LogP contribution < -0.4 is 5.40 Å². The molecule has 92 valence electrons. The molecule has 0 aromatic rings. The molecule has 0 fully saturated rings. The van der Waals surface area contributed by atoms with Crippen LogP contribution in [-0.4, -0.2) is 28.8 Å². The van der Waals surface area contributed by atoms with Gasteiger partial charge in [-0.15, -0.1) is 0 Å². The average Bonchev–Trinajstić information content (AvgIpc) is 2.01. The molecule has 0 aliphatic heterocycles. The van der Waals surface area contributed by atoms with Crippen LogP contribution in [0.15, 0.2) is 0 Å². The lowest BCUT2D eigenvalue weighted by atomic mass is 9.93. The molecule has 5 heteroatoms. The fraction of sp³-hybridized carbons (Fsp3) is 1.00. The third-order valence-corrected chi connectivity index (χ3v) is 3.83. The van der Waals surface area contributed by atoms with E-state index >= 15 is 0 Å². The molecule has 0 aliphatic carbocycles. The second kappa shape index (κ2) is 6.60. The van der Waals surface area contributed by atoms with Crippen molar-refractivity contribution in [2.24, 2.45) is 10.8 Å². The van der Waals surface area contributed by atoms with Crippen molar-refractivity contribution < 1.29 is 13.3 Å². The molecule has 0 amide bonds. The maximum atomic E-state index is 5.92. The van der Waals surface area contributed by atoms with Crippen LogP contribution in [0.2, 0.25) is 0 Å². The second-order valence-electron chi connectivity index (χ2n) is 4.63. The molecule has 0 atom stereocenters. The molecule has 0 saturated carbocycles. The summed E-state index contributed by atoms with van der Waals surface area (Å²) in [4.78, 5) is 0. The number of hydrogen-bond donors (Lipinski definition) is 1. The van der Waals surface area contributed by atoms with Gasteiger partial charge in [0.2, 0.25) is 0 Å². The Bertz CT molecular complexity index is 165. The minimum absolute atomic E-state index is 0.244. The molecule has 0 rings (SSSR count). The molecule has 2 N–H and O–H groups in total. The van der Waals surface area contributed by atoms with Crippen LogP contribution in [0.5, 0.6) is 0 Å². The van der Waals surface area contributed by atoms with Crippen molar-refractivity contribution in [1.29, 1.82) is 0 Å². The van der Waals surface area contributed by atoms with Gasteiger partial charge in [0, 0.05) is 19.8 Å². The summed E-state index contributed by atoms with van der Waals surface area (Å²) in [6.45, 7) is 11.9. The van der Waals surface area contributed by atoms with Crippen LogP contribution in [0.3, 0.4) is 0 Å². The predicted molar refractivity (Wildman–Crippen MR) is 63.2 cm³/mol. The van der Waals surface area contributed by atoms with Crippen LogP contribution in [-0.2, 0) is 13.3 Å². The van der Waals surface area contributed by atoms with Crippen LogP contribution >= 0.6 is 0 Å². The highest BCUT2D eigenvalue weighted by atomic mass is 28.4. The summed E-state index contributed by atoms with van der Waals surface area (Å²) >= 11 is 0. The molecule has 4 nitrogen and oxygen atoms in total. The first-order valence-corrected chi connectivity index (χ1v) is 7.34. The van der Waals surface area contributed by atoms with E-state index in [1.165, 1.54) is 0 Å². The smallest absolute Gasteiger partial charge is 0.362 e. The fourth-order valence-corrected chi connectivity index (χ4v) is 2.47. The van der Waals surface area contributed by atoms with E-state index in [0.717, 1.165) is 6.42 Å². The Morgan fingerprint density at radius 2 is 1.47 bits per heavy atom. The van der Waals surface area contributed by atoms with Gasteiger partial charge < -0.3 is 13.3 Å². The van der Waals surface area contributed by atoms with Gasteiger partial charge in [0.25, 0.3) is 0 Å². The Kier molecular flexibility index (Phi) is 6.62. The summed E-state index contributed by atoms with van der Waals surface area (Å²) in [5, 5.41) is 5.92. The highest BCUT2D eigenvalue weighted by molar-refractivity contribution is 6.56. The van der Waals surface area contributed by atoms with E-state index in [4.69, 9.17) is 18.7 Å². The molecule has 0 saturated heterocycles. The highest BCUT2D eigenvalue weighted by Gasteiger charge is 2.36. The van der Waals surface area contributed by atoms with Crippen molar-refractivity contribution in [3.05, 3.63) is 0 Å². The van der Waals surface area contributed by atoms with Gasteiger partial charge in [-0.1, -0.05) is 20.8 Å². The normalized spacial score (nSPS) is 13.2. The average molecular weight is 235 g/mol. The summed E-state index contributed by atoms with van der Waals surface area (Å²) in [5.41, 5.74) is 0.244. The molecule has 0 aromatic heterocycles. The minimum Gasteiger partial charge on any atom is -0.362 e. The molecule has 0 spiro atoms. The van der Waals surface area contributed by atoms with E-state index < -0.39 is 8.97 Å². The molecule has 15 heavy (non-hydrogen) atoms. The molecular formula is C10H25NO3Si. The van der Waals surface area contributed by atoms with Gasteiger partial charge in [-0.3, -0.25) is 5.40 Å². The van der Waals surface area contributed by atoms with E-state index in [9.17, 15) is 0 Å². The quantitative estimate of drug-likeness (QED) is 0.685. The topological polar surface area (TPSA) is 53.7 Å². The Labute approximate surface area is 94.5 Å². The highest BCUT2D eigenvalue weighted by Crippen LogP contribution is 2.18. The van der Waals surface area contributed by atoms with Crippen molar-refractivity contribution >= 4 is 8.97 Å². The summed E-state index contributed by atoms with van der Waals surface area (Å²) in [7, 11) is -2.85. The van der Waals surface area contributed by atoms with E-state index in [1.807, 2.05) is 13.8 Å². The summed E-state index contributed by atoms with van der Waals surface area (Å²) in [6.07, 6.45) is 0.944. The van der Waals surface area contributed by atoms with Crippen molar-refractivity contribution in [1.82, 2.24) is 0 Å². The van der Waals surface area contributed by atoms with E-state index in [-0.39, 0.29) is 5.41 Å². The van der Waals surface area contributed by atoms with Crippen LogP contribution in [0.25, 0.3) is 0 Å². The lowest BCUT2D eigenvalue weighted by molar-refractivity contribution is 0.0600. The first kappa shape index (κ1) is 15.1. The molecule has 0 bridgehead atoms. The minimum atomic E-state index is -2.85. The van der Waals surface area contributed by atoms with Gasteiger partial charge in [-0.05, 0) is 25.7 Å². The molecule has 0 aromatic carbocycles. The van der Waals surface area contributed by atoms with E-state index in [2.05, 4.69) is 20.8 Å². The van der Waals surface area contributed by atoms with Crippen LogP contribution in [0, 0.1) is 5.41 Å². The maximum absolute atomic E-state index is 5.92. The van der Waals surface area contributed by atoms with E-state index in [0.29, 0.717) is 19.8 Å². The third kappa shape index (κ3) is 7.93. The Balaban J connectivity index is 3.95. The SMILES string of the molecule is CCO[Si](N)(OCC)OCCC(C)(C)C. The number of hydrogen-bond acceptors (Lipinski definition) is 4. The van der Waals surface area contributed by atoms with Crippen molar-refractivity contribution in [3.8, 4) is 0 Å². The molecule has 0 unspecified atom stereocenters. The Morgan fingerprint density at radius 1 is 1.00 bits per heavy atom. The van der Waals surface area contributed by atoms with Gasteiger partial charge in [-0.2, -0.15) is 0 Å². The standard InChI is InChI=1S/C10H25NO3Si/c1-6-12-15(11,13-7-2)14-9-8-10(3,4)5/h6-9,11H2,1-5H3. The number of rotatable bonds is 7. The first-order chi connectivity index (χ1) is 6.83. The lowest BCUT2D eigenvalue weighted by Crippen LogP contribution is -2.55. The van der Waals surface area contributed by atoms with E-state index in [1.54, 1.807) is 0 Å².